The number of hydrogen-bond acceptors (Lipinski definition) is 6. The van der Waals surface area contributed by atoms with Crippen LogP contribution < -0.4 is 11.2 Å². The van der Waals surface area contributed by atoms with Gasteiger partial charge in [-0.15, -0.1) is 0 Å². The van der Waals surface area contributed by atoms with E-state index in [0.717, 1.165) is 10.1 Å². The molecule has 9 heteroatoms. The van der Waals surface area contributed by atoms with Gasteiger partial charge >= 0.3 is 5.69 Å². The summed E-state index contributed by atoms with van der Waals surface area (Å²) in [4.78, 5) is 33.0. The Morgan fingerprint density at radius 1 is 1.08 bits per heavy atom. The molecule has 0 aliphatic heterocycles. The molecule has 0 saturated heterocycles. The van der Waals surface area contributed by atoms with Gasteiger partial charge in [0.2, 0.25) is 5.89 Å². The van der Waals surface area contributed by atoms with Crippen molar-refractivity contribution < 1.29 is 4.52 Å². The Kier molecular flexibility index (Phi) is 3.76. The SMILES string of the molecule is Cn1c(=O)c2c(ncn2Cc2noc(Cc3ccccc3)n2)n(C)c1=O. The number of hydrogen-bond donors (Lipinski definition) is 0. The minimum Gasteiger partial charge on any atom is -0.339 e. The third-order valence-corrected chi connectivity index (χ3v) is 4.24. The van der Waals surface area contributed by atoms with E-state index in [-0.39, 0.29) is 6.54 Å². The first-order valence-corrected chi connectivity index (χ1v) is 8.01. The minimum absolute atomic E-state index is 0.224. The standard InChI is InChI=1S/C17H16N6O3/c1-21-15-14(16(24)22(2)17(21)25)23(10-18-15)9-12-19-13(26-20-12)8-11-6-4-3-5-7-11/h3-7,10H,8-9H2,1-2H3. The molecule has 4 aromatic rings. The molecule has 4 rings (SSSR count). The van der Waals surface area contributed by atoms with E-state index in [1.807, 2.05) is 30.3 Å². The molecule has 132 valence electrons. The first kappa shape index (κ1) is 16.0. The number of benzene rings is 1. The molecule has 0 spiro atoms. The van der Waals surface area contributed by atoms with Crippen LogP contribution in [0.3, 0.4) is 0 Å². The highest BCUT2D eigenvalue weighted by molar-refractivity contribution is 5.70. The maximum Gasteiger partial charge on any atom is 0.332 e. The van der Waals surface area contributed by atoms with E-state index >= 15 is 0 Å². The molecule has 0 amide bonds. The first-order valence-electron chi connectivity index (χ1n) is 8.01. The smallest absolute Gasteiger partial charge is 0.332 e. The van der Waals surface area contributed by atoms with Gasteiger partial charge in [-0.25, -0.2) is 9.78 Å². The first-order chi connectivity index (χ1) is 12.5. The lowest BCUT2D eigenvalue weighted by atomic mass is 10.1. The van der Waals surface area contributed by atoms with Gasteiger partial charge in [0.1, 0.15) is 0 Å². The van der Waals surface area contributed by atoms with E-state index in [0.29, 0.717) is 29.3 Å². The second-order valence-corrected chi connectivity index (χ2v) is 6.02. The number of fused-ring (bicyclic) bond motifs is 1. The highest BCUT2D eigenvalue weighted by Gasteiger charge is 2.16. The van der Waals surface area contributed by atoms with Gasteiger partial charge < -0.3 is 9.09 Å². The summed E-state index contributed by atoms with van der Waals surface area (Å²) in [5, 5.41) is 3.97. The largest absolute Gasteiger partial charge is 0.339 e. The van der Waals surface area contributed by atoms with Crippen molar-refractivity contribution in [3.8, 4) is 0 Å². The van der Waals surface area contributed by atoms with Gasteiger partial charge in [-0.3, -0.25) is 13.9 Å². The van der Waals surface area contributed by atoms with Crippen LogP contribution >= 0.6 is 0 Å². The average molecular weight is 352 g/mol. The van der Waals surface area contributed by atoms with E-state index in [1.54, 1.807) is 11.6 Å². The highest BCUT2D eigenvalue weighted by atomic mass is 16.5. The average Bonchev–Trinajstić information content (AvgIpc) is 3.26. The summed E-state index contributed by atoms with van der Waals surface area (Å²) in [6.07, 6.45) is 2.04. The van der Waals surface area contributed by atoms with Crippen LogP contribution in [0.5, 0.6) is 0 Å². The fraction of sp³-hybridized carbons (Fsp3) is 0.235. The molecular weight excluding hydrogens is 336 g/mol. The van der Waals surface area contributed by atoms with Crippen LogP contribution in [0.2, 0.25) is 0 Å². The molecule has 0 fully saturated rings. The van der Waals surface area contributed by atoms with E-state index in [9.17, 15) is 9.59 Å². The molecule has 0 aliphatic rings. The molecule has 3 heterocycles. The maximum absolute atomic E-state index is 12.4. The van der Waals surface area contributed by atoms with Gasteiger partial charge in [0.05, 0.1) is 19.3 Å². The summed E-state index contributed by atoms with van der Waals surface area (Å²) in [5.41, 5.74) is 0.890. The van der Waals surface area contributed by atoms with Crippen molar-refractivity contribution in [1.29, 1.82) is 0 Å². The molecule has 0 radical (unpaired) electrons. The molecular formula is C17H16N6O3. The molecule has 3 aromatic heterocycles. The fourth-order valence-corrected chi connectivity index (χ4v) is 2.87. The van der Waals surface area contributed by atoms with Crippen molar-refractivity contribution in [2.75, 3.05) is 0 Å². The Morgan fingerprint density at radius 3 is 2.62 bits per heavy atom. The number of aromatic nitrogens is 6. The minimum atomic E-state index is -0.419. The molecule has 9 nitrogen and oxygen atoms in total. The summed E-state index contributed by atoms with van der Waals surface area (Å²) in [6.45, 7) is 0.224. The van der Waals surface area contributed by atoms with Crippen LogP contribution in [0.4, 0.5) is 0 Å². The predicted molar refractivity (Wildman–Crippen MR) is 92.9 cm³/mol. The second-order valence-electron chi connectivity index (χ2n) is 6.02. The zero-order chi connectivity index (χ0) is 18.3. The molecule has 26 heavy (non-hydrogen) atoms. The van der Waals surface area contributed by atoms with Gasteiger partial charge in [-0.05, 0) is 5.56 Å². The van der Waals surface area contributed by atoms with Crippen molar-refractivity contribution in [3.63, 3.8) is 0 Å². The van der Waals surface area contributed by atoms with E-state index in [2.05, 4.69) is 15.1 Å². The number of nitrogens with zero attached hydrogens (tertiary/aromatic N) is 6. The van der Waals surface area contributed by atoms with Crippen molar-refractivity contribution in [2.24, 2.45) is 14.1 Å². The van der Waals surface area contributed by atoms with Crippen LogP contribution in [0, 0.1) is 0 Å². The van der Waals surface area contributed by atoms with Crippen molar-refractivity contribution in [2.45, 2.75) is 13.0 Å². The molecule has 0 saturated carbocycles. The van der Waals surface area contributed by atoms with Crippen LogP contribution in [0.1, 0.15) is 17.3 Å². The Balaban J connectivity index is 1.67. The number of rotatable bonds is 4. The Hall–Kier alpha value is -3.49. The van der Waals surface area contributed by atoms with Crippen LogP contribution in [0.25, 0.3) is 11.2 Å². The van der Waals surface area contributed by atoms with Crippen LogP contribution in [-0.4, -0.2) is 28.8 Å². The van der Waals surface area contributed by atoms with Crippen molar-refractivity contribution in [1.82, 2.24) is 28.8 Å². The summed E-state index contributed by atoms with van der Waals surface area (Å²) < 4.78 is 9.30. The summed E-state index contributed by atoms with van der Waals surface area (Å²) in [6, 6.07) is 9.81. The summed E-state index contributed by atoms with van der Waals surface area (Å²) >= 11 is 0. The molecule has 0 aliphatic carbocycles. The Labute approximate surface area is 147 Å². The highest BCUT2D eigenvalue weighted by Crippen LogP contribution is 2.10. The zero-order valence-electron chi connectivity index (χ0n) is 14.3. The van der Waals surface area contributed by atoms with Crippen molar-refractivity contribution in [3.05, 3.63) is 74.8 Å². The Bertz CT molecular complexity index is 1200. The zero-order valence-corrected chi connectivity index (χ0v) is 14.3. The number of aryl methyl sites for hydroxylation is 1. The van der Waals surface area contributed by atoms with Gasteiger partial charge in [0.15, 0.2) is 17.0 Å². The fourth-order valence-electron chi connectivity index (χ4n) is 2.87. The van der Waals surface area contributed by atoms with Crippen molar-refractivity contribution >= 4 is 11.2 Å². The third-order valence-electron chi connectivity index (χ3n) is 4.24. The maximum atomic E-state index is 12.4. The topological polar surface area (TPSA) is 101 Å². The normalized spacial score (nSPS) is 11.3. The van der Waals surface area contributed by atoms with Gasteiger partial charge in [0.25, 0.3) is 5.56 Å². The van der Waals surface area contributed by atoms with E-state index in [4.69, 9.17) is 4.52 Å². The number of imidazole rings is 1. The lowest BCUT2D eigenvalue weighted by Gasteiger charge is -2.04. The second kappa shape index (κ2) is 6.10. The summed E-state index contributed by atoms with van der Waals surface area (Å²) in [5.74, 6) is 0.932. The van der Waals surface area contributed by atoms with E-state index in [1.165, 1.54) is 17.9 Å². The van der Waals surface area contributed by atoms with Gasteiger partial charge in [0, 0.05) is 14.1 Å². The quantitative estimate of drug-likeness (QED) is 0.529. The predicted octanol–water partition coefficient (Wildman–Crippen LogP) is 0.456. The Morgan fingerprint density at radius 2 is 1.85 bits per heavy atom. The summed E-state index contributed by atoms with van der Waals surface area (Å²) in [7, 11) is 3.02. The van der Waals surface area contributed by atoms with E-state index < -0.39 is 11.2 Å². The van der Waals surface area contributed by atoms with Gasteiger partial charge in [-0.1, -0.05) is 35.5 Å². The molecule has 0 atom stereocenters. The lowest BCUT2D eigenvalue weighted by Crippen LogP contribution is -2.37. The molecule has 1 aromatic carbocycles. The monoisotopic (exact) mass is 352 g/mol. The van der Waals surface area contributed by atoms with Crippen LogP contribution in [-0.2, 0) is 27.1 Å². The van der Waals surface area contributed by atoms with Crippen LogP contribution in [0.15, 0.2) is 50.8 Å². The molecule has 0 bridgehead atoms. The lowest BCUT2D eigenvalue weighted by molar-refractivity contribution is 0.378. The molecule has 0 unspecified atom stereocenters. The molecule has 0 N–H and O–H groups in total. The van der Waals surface area contributed by atoms with Gasteiger partial charge in [-0.2, -0.15) is 4.98 Å². The third kappa shape index (κ3) is 2.63.